The highest BCUT2D eigenvalue weighted by Crippen LogP contribution is 2.36. The maximum Gasteiger partial charge on any atom is 0.147 e. The lowest BCUT2D eigenvalue weighted by molar-refractivity contribution is 0.259. The van der Waals surface area contributed by atoms with Gasteiger partial charge >= 0.3 is 0 Å². The molecule has 0 atom stereocenters. The van der Waals surface area contributed by atoms with Gasteiger partial charge in [-0.3, -0.25) is 9.36 Å². The van der Waals surface area contributed by atoms with E-state index in [2.05, 4.69) is 118 Å². The summed E-state index contributed by atoms with van der Waals surface area (Å²) in [4.78, 5) is 4.19. The van der Waals surface area contributed by atoms with Crippen LogP contribution in [0.3, 0.4) is 0 Å². The normalized spacial score (nSPS) is 11.5. The Hall–Kier alpha value is -2.62. The minimum absolute atomic E-state index is 0.619. The molecule has 5 rings (SSSR count). The molecule has 0 amide bonds. The van der Waals surface area contributed by atoms with Gasteiger partial charge in [-0.1, -0.05) is 34.7 Å². The van der Waals surface area contributed by atoms with Gasteiger partial charge in [0.1, 0.15) is 36.1 Å². The molecule has 14 heteroatoms. The molecule has 254 valence electrons. The Morgan fingerprint density at radius 1 is 0.583 bits per heavy atom. The van der Waals surface area contributed by atoms with E-state index in [-0.39, 0.29) is 0 Å². The molecular weight excluding hydrogens is 872 g/mol. The number of halogens is 4. The van der Waals surface area contributed by atoms with E-state index in [0.717, 1.165) is 77.8 Å². The van der Waals surface area contributed by atoms with Crippen molar-refractivity contribution in [3.05, 3.63) is 89.9 Å². The summed E-state index contributed by atoms with van der Waals surface area (Å²) in [7, 11) is 8.12. The van der Waals surface area contributed by atoms with Crippen molar-refractivity contribution in [1.29, 1.82) is 0 Å². The van der Waals surface area contributed by atoms with Crippen LogP contribution in [0.4, 0.5) is 0 Å². The quantitative estimate of drug-likeness (QED) is 0.100. The first-order valence-electron chi connectivity index (χ1n) is 15.5. The Morgan fingerprint density at radius 2 is 0.938 bits per heavy atom. The molecule has 3 aromatic carbocycles. The first kappa shape index (κ1) is 36.7. The zero-order valence-corrected chi connectivity index (χ0v) is 33.7. The molecule has 0 bridgehead atoms. The number of rotatable bonds is 16. The van der Waals surface area contributed by atoms with Gasteiger partial charge < -0.3 is 19.3 Å². The van der Waals surface area contributed by atoms with Crippen LogP contribution in [0, 0.1) is 0 Å². The Morgan fingerprint density at radius 3 is 1.27 bits per heavy atom. The molecule has 0 saturated heterocycles. The summed E-state index contributed by atoms with van der Waals surface area (Å²) in [5, 5.41) is 17.6. The summed E-state index contributed by atoms with van der Waals surface area (Å²) >= 11 is 14.6. The fraction of sp³-hybridized carbons (Fsp3) is 0.353. The van der Waals surface area contributed by atoms with Gasteiger partial charge in [-0.25, -0.2) is 0 Å². The van der Waals surface area contributed by atoms with Gasteiger partial charge in [0.05, 0.1) is 30.3 Å². The van der Waals surface area contributed by atoms with Crippen LogP contribution >= 0.6 is 63.7 Å². The smallest absolute Gasteiger partial charge is 0.147 e. The third kappa shape index (κ3) is 10.2. The minimum Gasteiger partial charge on any atom is -0.490 e. The van der Waals surface area contributed by atoms with Crippen LogP contribution in [0.5, 0.6) is 11.5 Å². The first-order valence-corrected chi connectivity index (χ1v) is 18.6. The molecule has 2 heterocycles. The maximum atomic E-state index is 5.96. The van der Waals surface area contributed by atoms with Crippen molar-refractivity contribution in [3.63, 3.8) is 0 Å². The van der Waals surface area contributed by atoms with Crippen LogP contribution in [-0.2, 0) is 25.9 Å². The lowest BCUT2D eigenvalue weighted by atomic mass is 10.1. The lowest BCUT2D eigenvalue weighted by Gasteiger charge is -2.14. The summed E-state index contributed by atoms with van der Waals surface area (Å²) < 4.78 is 19.4. The number of aryl methyl sites for hydroxylation is 4. The molecule has 0 aliphatic heterocycles. The molecular formula is C34H38Br4N8O2. The molecule has 0 aliphatic rings. The van der Waals surface area contributed by atoms with Gasteiger partial charge in [-0.2, -0.15) is 0 Å². The number of benzene rings is 3. The number of hydrogen-bond donors (Lipinski definition) is 0. The number of nitrogens with zero attached hydrogens (tertiary/aromatic N) is 8. The lowest BCUT2D eigenvalue weighted by Crippen LogP contribution is -2.19. The molecule has 0 aliphatic carbocycles. The Bertz CT molecular complexity index is 1630. The van der Waals surface area contributed by atoms with Gasteiger partial charge in [0.25, 0.3) is 0 Å². The van der Waals surface area contributed by atoms with E-state index in [1.54, 1.807) is 0 Å². The second-order valence-corrected chi connectivity index (χ2v) is 15.3. The molecule has 10 nitrogen and oxygen atoms in total. The van der Waals surface area contributed by atoms with Crippen LogP contribution in [0.15, 0.2) is 78.8 Å². The molecule has 48 heavy (non-hydrogen) atoms. The third-order valence-corrected chi connectivity index (χ3v) is 9.85. The van der Waals surface area contributed by atoms with E-state index in [9.17, 15) is 0 Å². The van der Waals surface area contributed by atoms with E-state index >= 15 is 0 Å². The van der Waals surface area contributed by atoms with E-state index in [4.69, 9.17) is 9.47 Å². The van der Waals surface area contributed by atoms with E-state index < -0.39 is 0 Å². The zero-order valence-electron chi connectivity index (χ0n) is 27.3. The van der Waals surface area contributed by atoms with E-state index in [1.807, 2.05) is 74.2 Å². The van der Waals surface area contributed by atoms with Crippen LogP contribution in [-0.4, -0.2) is 94.3 Å². The monoisotopic (exact) mass is 906 g/mol. The fourth-order valence-corrected chi connectivity index (χ4v) is 7.85. The summed E-state index contributed by atoms with van der Waals surface area (Å²) in [5.41, 5.74) is 5.97. The molecule has 0 saturated carbocycles. The predicted octanol–water partition coefficient (Wildman–Crippen LogP) is 7.62. The number of aromatic nitrogens is 6. The highest BCUT2D eigenvalue weighted by atomic mass is 79.9. The van der Waals surface area contributed by atoms with Crippen molar-refractivity contribution < 1.29 is 9.47 Å². The topological polar surface area (TPSA) is 86.4 Å². The molecule has 0 N–H and O–H groups in total. The molecule has 0 fully saturated rings. The molecule has 0 radical (unpaired) electrons. The first-order chi connectivity index (χ1) is 23.0. The Balaban J connectivity index is 1.14. The number of likely N-dealkylation sites (N-methyl/N-ethyl adjacent to an activating group) is 2. The standard InChI is InChI=1S/C34H38Br4N8O2/c1-43(2)13-15-47-33-27(35)17-23(18-28(33)36)9-11-45-21-31(39-41-45)25-5-7-26(8-6-25)32-22-46(42-40-32)12-10-24-19-29(37)34(30(38)20-24)48-16-14-44(3)4/h5-8,17-22H,9-16H2,1-4H3. The van der Waals surface area contributed by atoms with Crippen LogP contribution in [0.1, 0.15) is 11.1 Å². The SMILES string of the molecule is CN(C)CCOc1c(Br)cc(CCn2cc(-c3ccc(-c4cn(CCc5cc(Br)c(OCCN(C)C)c(Br)c5)nn4)cc3)nn2)cc1Br. The molecule has 0 unspecified atom stereocenters. The third-order valence-electron chi connectivity index (χ3n) is 7.50. The molecule has 0 spiro atoms. The van der Waals surface area contributed by atoms with Crippen molar-refractivity contribution in [2.75, 3.05) is 54.5 Å². The summed E-state index contributed by atoms with van der Waals surface area (Å²) in [6, 6.07) is 16.6. The average molecular weight is 910 g/mol. The Kier molecular flexibility index (Phi) is 13.2. The predicted molar refractivity (Wildman–Crippen MR) is 204 cm³/mol. The van der Waals surface area contributed by atoms with E-state index in [0.29, 0.717) is 26.3 Å². The highest BCUT2D eigenvalue weighted by Gasteiger charge is 2.13. The van der Waals surface area contributed by atoms with Gasteiger partial charge in [0.15, 0.2) is 0 Å². The minimum atomic E-state index is 0.619. The highest BCUT2D eigenvalue weighted by molar-refractivity contribution is 9.11. The van der Waals surface area contributed by atoms with Gasteiger partial charge in [-0.05, 0) is 140 Å². The zero-order chi connectivity index (χ0) is 34.2. The van der Waals surface area contributed by atoms with Crippen LogP contribution in [0.25, 0.3) is 22.5 Å². The van der Waals surface area contributed by atoms with Gasteiger partial charge in [0.2, 0.25) is 0 Å². The van der Waals surface area contributed by atoms with Crippen LogP contribution < -0.4 is 9.47 Å². The fourth-order valence-electron chi connectivity index (χ4n) is 4.83. The van der Waals surface area contributed by atoms with Gasteiger partial charge in [0, 0.05) is 37.3 Å². The number of hydrogen-bond acceptors (Lipinski definition) is 8. The van der Waals surface area contributed by atoms with Crippen molar-refractivity contribution in [2.24, 2.45) is 0 Å². The van der Waals surface area contributed by atoms with Gasteiger partial charge in [-0.15, -0.1) is 10.2 Å². The summed E-state index contributed by atoms with van der Waals surface area (Å²) in [6.45, 7) is 4.34. The van der Waals surface area contributed by atoms with Crippen LogP contribution in [0.2, 0.25) is 0 Å². The second kappa shape index (κ2) is 17.3. The largest absolute Gasteiger partial charge is 0.490 e. The molecule has 2 aromatic heterocycles. The summed E-state index contributed by atoms with van der Waals surface area (Å²) in [5.74, 6) is 1.64. The maximum absolute atomic E-state index is 5.96. The Labute approximate surface area is 315 Å². The second-order valence-electron chi connectivity index (χ2n) is 11.9. The van der Waals surface area contributed by atoms with Crippen molar-refractivity contribution in [3.8, 4) is 34.0 Å². The molecule has 5 aromatic rings. The number of ether oxygens (including phenoxy) is 2. The average Bonchev–Trinajstić information content (AvgIpc) is 3.72. The van der Waals surface area contributed by atoms with Crippen molar-refractivity contribution in [1.82, 2.24) is 39.8 Å². The van der Waals surface area contributed by atoms with E-state index in [1.165, 1.54) is 11.1 Å². The summed E-state index contributed by atoms with van der Waals surface area (Å²) in [6.07, 6.45) is 5.57. The van der Waals surface area contributed by atoms with Crippen molar-refractivity contribution in [2.45, 2.75) is 25.9 Å². The van der Waals surface area contributed by atoms with Crippen molar-refractivity contribution >= 4 is 63.7 Å².